The molecule has 3 saturated heterocycles. The van der Waals surface area contributed by atoms with Crippen molar-refractivity contribution in [2.45, 2.75) is 24.5 Å². The SMILES string of the molecule is O=C1[C@H]2OC[C@@H](O2)[C@H]2[C@@H]1[C@H]1C=Cc3ccccc3N1[C@@H]2C(=O)c1ccccc1. The van der Waals surface area contributed by atoms with Crippen molar-refractivity contribution in [1.82, 2.24) is 0 Å². The van der Waals surface area contributed by atoms with E-state index in [0.717, 1.165) is 11.3 Å². The van der Waals surface area contributed by atoms with E-state index in [1.54, 1.807) is 0 Å². The zero-order valence-corrected chi connectivity index (χ0v) is 15.1. The van der Waals surface area contributed by atoms with Crippen LogP contribution in [0.4, 0.5) is 5.69 Å². The van der Waals surface area contributed by atoms with Crippen LogP contribution in [0, 0.1) is 11.8 Å². The number of benzene rings is 2. The maximum Gasteiger partial charge on any atom is 0.218 e. The first-order valence-corrected chi connectivity index (χ1v) is 9.70. The molecule has 0 aliphatic carbocycles. The van der Waals surface area contributed by atoms with Gasteiger partial charge in [-0.25, -0.2) is 0 Å². The third kappa shape index (κ3) is 2.09. The van der Waals surface area contributed by atoms with Crippen LogP contribution in [-0.4, -0.2) is 42.7 Å². The molecular formula is C23H19NO4. The Morgan fingerprint density at radius 2 is 1.82 bits per heavy atom. The lowest BCUT2D eigenvalue weighted by atomic mass is 9.77. The highest BCUT2D eigenvalue weighted by atomic mass is 16.7. The fourth-order valence-electron chi connectivity index (χ4n) is 5.35. The molecule has 0 unspecified atom stereocenters. The third-order valence-electron chi connectivity index (χ3n) is 6.48. The van der Waals surface area contributed by atoms with Crippen LogP contribution in [0.2, 0.25) is 0 Å². The van der Waals surface area contributed by atoms with Crippen molar-refractivity contribution in [2.24, 2.45) is 11.8 Å². The Morgan fingerprint density at radius 1 is 1.04 bits per heavy atom. The number of carbonyl (C=O) groups is 2. The molecule has 6 atom stereocenters. The summed E-state index contributed by atoms with van der Waals surface area (Å²) in [7, 11) is 0. The Kier molecular flexibility index (Phi) is 3.40. The summed E-state index contributed by atoms with van der Waals surface area (Å²) in [5.41, 5.74) is 2.73. The quantitative estimate of drug-likeness (QED) is 0.758. The van der Waals surface area contributed by atoms with Gasteiger partial charge in [-0.1, -0.05) is 60.7 Å². The Labute approximate surface area is 162 Å². The molecule has 2 aromatic carbocycles. The van der Waals surface area contributed by atoms with Gasteiger partial charge in [0.25, 0.3) is 0 Å². The average Bonchev–Trinajstić information content (AvgIpc) is 3.33. The lowest BCUT2D eigenvalue weighted by Crippen LogP contribution is -2.48. The van der Waals surface area contributed by atoms with Crippen LogP contribution in [0.1, 0.15) is 15.9 Å². The van der Waals surface area contributed by atoms with Crippen molar-refractivity contribution in [3.05, 3.63) is 71.8 Å². The van der Waals surface area contributed by atoms with E-state index in [1.807, 2.05) is 54.6 Å². The average molecular weight is 373 g/mol. The molecule has 0 spiro atoms. The van der Waals surface area contributed by atoms with Gasteiger partial charge >= 0.3 is 0 Å². The Morgan fingerprint density at radius 3 is 2.68 bits per heavy atom. The zero-order valence-electron chi connectivity index (χ0n) is 15.1. The van der Waals surface area contributed by atoms with Crippen LogP contribution in [0.5, 0.6) is 0 Å². The fourth-order valence-corrected chi connectivity index (χ4v) is 5.35. The van der Waals surface area contributed by atoms with Gasteiger partial charge in [0.2, 0.25) is 6.29 Å². The van der Waals surface area contributed by atoms with Crippen LogP contribution < -0.4 is 4.90 Å². The van der Waals surface area contributed by atoms with Gasteiger partial charge in [-0.05, 0) is 11.6 Å². The van der Waals surface area contributed by atoms with Crippen LogP contribution in [-0.2, 0) is 14.3 Å². The van der Waals surface area contributed by atoms with Gasteiger partial charge in [0.15, 0.2) is 11.6 Å². The molecule has 4 aliphatic rings. The van der Waals surface area contributed by atoms with E-state index in [-0.39, 0.29) is 35.5 Å². The van der Waals surface area contributed by atoms with Gasteiger partial charge in [-0.15, -0.1) is 0 Å². The number of ether oxygens (including phenoxy) is 2. The van der Waals surface area contributed by atoms with Crippen molar-refractivity contribution >= 4 is 23.3 Å². The van der Waals surface area contributed by atoms with Gasteiger partial charge in [-0.2, -0.15) is 0 Å². The van der Waals surface area contributed by atoms with E-state index in [0.29, 0.717) is 12.2 Å². The molecule has 5 nitrogen and oxygen atoms in total. The highest BCUT2D eigenvalue weighted by Gasteiger charge is 2.63. The van der Waals surface area contributed by atoms with Crippen molar-refractivity contribution in [3.8, 4) is 0 Å². The predicted octanol–water partition coefficient (Wildman–Crippen LogP) is 2.71. The van der Waals surface area contributed by atoms with Crippen molar-refractivity contribution < 1.29 is 19.1 Å². The Balaban J connectivity index is 1.53. The highest BCUT2D eigenvalue weighted by molar-refractivity contribution is 6.05. The minimum atomic E-state index is -0.788. The normalized spacial score (nSPS) is 34.7. The first-order valence-electron chi connectivity index (χ1n) is 9.70. The number of hydrogen-bond acceptors (Lipinski definition) is 5. The zero-order chi connectivity index (χ0) is 18.8. The number of fused-ring (bicyclic) bond motifs is 8. The number of anilines is 1. The predicted molar refractivity (Wildman–Crippen MR) is 103 cm³/mol. The summed E-state index contributed by atoms with van der Waals surface area (Å²) in [6.45, 7) is 0.363. The second-order valence-electron chi connectivity index (χ2n) is 7.84. The van der Waals surface area contributed by atoms with Crippen LogP contribution in [0.3, 0.4) is 0 Å². The number of carbonyl (C=O) groups excluding carboxylic acids is 2. The number of para-hydroxylation sites is 1. The minimum absolute atomic E-state index is 0.0324. The summed E-state index contributed by atoms with van der Waals surface area (Å²) >= 11 is 0. The highest BCUT2D eigenvalue weighted by Crippen LogP contribution is 2.50. The summed E-state index contributed by atoms with van der Waals surface area (Å²) in [5, 5.41) is 0. The van der Waals surface area contributed by atoms with Gasteiger partial charge in [-0.3, -0.25) is 9.59 Å². The molecule has 0 N–H and O–H groups in total. The topological polar surface area (TPSA) is 55.8 Å². The largest absolute Gasteiger partial charge is 0.353 e. The van der Waals surface area contributed by atoms with E-state index in [2.05, 4.69) is 17.1 Å². The molecule has 2 bridgehead atoms. The van der Waals surface area contributed by atoms with Crippen LogP contribution >= 0.6 is 0 Å². The molecule has 6 rings (SSSR count). The van der Waals surface area contributed by atoms with Crippen molar-refractivity contribution in [3.63, 3.8) is 0 Å². The van der Waals surface area contributed by atoms with Crippen molar-refractivity contribution in [1.29, 1.82) is 0 Å². The molecule has 140 valence electrons. The molecule has 5 heteroatoms. The molecule has 28 heavy (non-hydrogen) atoms. The minimum Gasteiger partial charge on any atom is -0.353 e. The molecule has 2 aromatic rings. The van der Waals surface area contributed by atoms with E-state index in [9.17, 15) is 9.59 Å². The molecule has 0 radical (unpaired) electrons. The van der Waals surface area contributed by atoms with Gasteiger partial charge < -0.3 is 14.4 Å². The first-order chi connectivity index (χ1) is 13.7. The summed E-state index contributed by atoms with van der Waals surface area (Å²) in [4.78, 5) is 28.9. The van der Waals surface area contributed by atoms with E-state index < -0.39 is 12.3 Å². The van der Waals surface area contributed by atoms with E-state index in [1.165, 1.54) is 0 Å². The lowest BCUT2D eigenvalue weighted by molar-refractivity contribution is -0.163. The molecular weight excluding hydrogens is 354 g/mol. The molecule has 0 saturated carbocycles. The van der Waals surface area contributed by atoms with Gasteiger partial charge in [0.05, 0.1) is 30.7 Å². The second-order valence-corrected chi connectivity index (χ2v) is 7.84. The Hall–Kier alpha value is -2.76. The maximum absolute atomic E-state index is 13.7. The molecule has 4 heterocycles. The number of rotatable bonds is 2. The smallest absolute Gasteiger partial charge is 0.218 e. The molecule has 4 aliphatic heterocycles. The second kappa shape index (κ2) is 5.87. The molecule has 0 amide bonds. The van der Waals surface area contributed by atoms with E-state index >= 15 is 0 Å². The maximum atomic E-state index is 13.7. The third-order valence-corrected chi connectivity index (χ3v) is 6.48. The summed E-state index contributed by atoms with van der Waals surface area (Å²) in [6, 6.07) is 16.8. The van der Waals surface area contributed by atoms with Gasteiger partial charge in [0.1, 0.15) is 0 Å². The number of ketones is 2. The molecule has 0 aromatic heterocycles. The first kappa shape index (κ1) is 16.2. The Bertz CT molecular complexity index is 1000. The molecule has 3 fully saturated rings. The fraction of sp³-hybridized carbons (Fsp3) is 0.304. The number of nitrogens with zero attached hydrogens (tertiary/aromatic N) is 1. The number of Topliss-reactive ketones (excluding diaryl/α,β-unsaturated/α-hetero) is 2. The van der Waals surface area contributed by atoms with Crippen molar-refractivity contribution in [2.75, 3.05) is 11.5 Å². The standard InChI is InChI=1S/C23H19NO4/c25-21(14-7-2-1-3-8-14)20-19-17-12-27-23(28-17)22(26)18(19)16-11-10-13-6-4-5-9-15(13)24(16)20/h1-11,16-20,23H,12H2/t16-,17-,18+,19+,20+,23+/m1/s1. The number of hydrogen-bond donors (Lipinski definition) is 0. The van der Waals surface area contributed by atoms with E-state index in [4.69, 9.17) is 9.47 Å². The van der Waals surface area contributed by atoms with Crippen LogP contribution in [0.25, 0.3) is 6.08 Å². The van der Waals surface area contributed by atoms with Crippen LogP contribution in [0.15, 0.2) is 60.7 Å². The lowest BCUT2D eigenvalue weighted by Gasteiger charge is -2.35. The summed E-state index contributed by atoms with van der Waals surface area (Å²) in [5.74, 6) is -0.528. The summed E-state index contributed by atoms with van der Waals surface area (Å²) in [6.07, 6.45) is 3.11. The monoisotopic (exact) mass is 373 g/mol. The van der Waals surface area contributed by atoms with Gasteiger partial charge in [0, 0.05) is 17.2 Å². The summed E-state index contributed by atoms with van der Waals surface area (Å²) < 4.78 is 11.4.